The smallest absolute Gasteiger partial charge is 0.119 e. The molecule has 24 heavy (non-hydrogen) atoms. The van der Waals surface area contributed by atoms with Crippen LogP contribution in [0.4, 0.5) is 5.69 Å². The second-order valence-corrected chi connectivity index (χ2v) is 8.43. The van der Waals surface area contributed by atoms with Crippen molar-refractivity contribution in [2.24, 2.45) is 11.3 Å². The highest BCUT2D eigenvalue weighted by atomic mass is 32.2. The molecule has 1 aliphatic heterocycles. The predicted octanol–water partition coefficient (Wildman–Crippen LogP) is 5.40. The molecule has 0 amide bonds. The Morgan fingerprint density at radius 3 is 2.62 bits per heavy atom. The minimum atomic E-state index is 0.0791. The van der Waals surface area contributed by atoms with E-state index in [0.29, 0.717) is 17.2 Å². The zero-order chi connectivity index (χ0) is 17.3. The zero-order valence-electron chi connectivity index (χ0n) is 15.0. The van der Waals surface area contributed by atoms with Crippen molar-refractivity contribution in [3.8, 4) is 5.75 Å². The van der Waals surface area contributed by atoms with E-state index < -0.39 is 0 Å². The van der Waals surface area contributed by atoms with E-state index in [1.165, 1.54) is 11.3 Å². The van der Waals surface area contributed by atoms with Gasteiger partial charge in [0.2, 0.25) is 0 Å². The van der Waals surface area contributed by atoms with Crippen molar-refractivity contribution in [2.75, 3.05) is 12.4 Å². The number of fused-ring (bicyclic) bond motifs is 1. The summed E-state index contributed by atoms with van der Waals surface area (Å²) in [6.07, 6.45) is 1.86. The van der Waals surface area contributed by atoms with Gasteiger partial charge in [0.15, 0.2) is 0 Å². The summed E-state index contributed by atoms with van der Waals surface area (Å²) in [6.45, 7) is 9.29. The van der Waals surface area contributed by atoms with Crippen molar-refractivity contribution in [1.82, 2.24) is 4.98 Å². The number of anilines is 1. The summed E-state index contributed by atoms with van der Waals surface area (Å²) in [5.74, 6) is 1.45. The number of nitrogens with zero attached hydrogens (tertiary/aromatic N) is 1. The molecule has 0 unspecified atom stereocenters. The molecule has 3 rings (SSSR count). The van der Waals surface area contributed by atoms with Gasteiger partial charge in [-0.1, -0.05) is 45.5 Å². The van der Waals surface area contributed by atoms with Crippen LogP contribution in [-0.2, 0) is 0 Å². The molecular formula is C20H26N2OS. The summed E-state index contributed by atoms with van der Waals surface area (Å²) in [6, 6.07) is 12.9. The highest BCUT2D eigenvalue weighted by Crippen LogP contribution is 2.55. The number of rotatable bonds is 4. The second-order valence-electron chi connectivity index (χ2n) is 7.31. The van der Waals surface area contributed by atoms with Gasteiger partial charge in [-0.3, -0.25) is 0 Å². The zero-order valence-corrected chi connectivity index (χ0v) is 15.9. The molecular weight excluding hydrogens is 316 g/mol. The predicted molar refractivity (Wildman–Crippen MR) is 102 cm³/mol. The molecule has 0 bridgehead atoms. The summed E-state index contributed by atoms with van der Waals surface area (Å²) in [7, 11) is 1.72. The Balaban J connectivity index is 2.07. The number of aromatic nitrogens is 1. The Bertz CT molecular complexity index is 700. The van der Waals surface area contributed by atoms with Crippen LogP contribution in [0, 0.1) is 11.3 Å². The Labute approximate surface area is 149 Å². The van der Waals surface area contributed by atoms with E-state index in [0.717, 1.165) is 10.8 Å². The van der Waals surface area contributed by atoms with Crippen LogP contribution in [0.2, 0.25) is 0 Å². The van der Waals surface area contributed by atoms with Crippen LogP contribution in [0.5, 0.6) is 5.75 Å². The minimum absolute atomic E-state index is 0.0791. The van der Waals surface area contributed by atoms with Gasteiger partial charge in [-0.05, 0) is 41.8 Å². The van der Waals surface area contributed by atoms with E-state index in [1.807, 2.05) is 30.1 Å². The molecule has 0 fully saturated rings. The van der Waals surface area contributed by atoms with Gasteiger partial charge >= 0.3 is 0 Å². The fourth-order valence-electron chi connectivity index (χ4n) is 3.71. The molecule has 1 aromatic carbocycles. The number of benzene rings is 1. The lowest BCUT2D eigenvalue weighted by Crippen LogP contribution is -2.46. The van der Waals surface area contributed by atoms with Crippen molar-refractivity contribution in [1.29, 1.82) is 0 Å². The number of pyridine rings is 1. The largest absolute Gasteiger partial charge is 0.497 e. The summed E-state index contributed by atoms with van der Waals surface area (Å²) in [4.78, 5) is 4.54. The maximum Gasteiger partial charge on any atom is 0.119 e. The van der Waals surface area contributed by atoms with Gasteiger partial charge in [0.1, 0.15) is 5.75 Å². The van der Waals surface area contributed by atoms with E-state index >= 15 is 0 Å². The molecule has 2 atom stereocenters. The van der Waals surface area contributed by atoms with Gasteiger partial charge in [0.05, 0.1) is 12.1 Å². The molecule has 3 nitrogen and oxygen atoms in total. The normalized spacial score (nSPS) is 21.9. The van der Waals surface area contributed by atoms with Crippen LogP contribution < -0.4 is 10.1 Å². The Kier molecular flexibility index (Phi) is 4.77. The monoisotopic (exact) mass is 342 g/mol. The van der Waals surface area contributed by atoms with Crippen molar-refractivity contribution >= 4 is 17.4 Å². The van der Waals surface area contributed by atoms with Crippen LogP contribution in [0.25, 0.3) is 0 Å². The first-order valence-electron chi connectivity index (χ1n) is 8.45. The SMILES string of the molecule is COc1ccc2c(c1)[C@H](Sc1ccccn1)C(C)(C)[C@@H](C(C)C)N2. The van der Waals surface area contributed by atoms with Crippen LogP contribution in [-0.4, -0.2) is 18.1 Å². The Hall–Kier alpha value is -1.68. The first-order valence-corrected chi connectivity index (χ1v) is 9.33. The quantitative estimate of drug-likeness (QED) is 0.806. The van der Waals surface area contributed by atoms with Crippen molar-refractivity contribution < 1.29 is 4.74 Å². The molecule has 1 aliphatic rings. The van der Waals surface area contributed by atoms with E-state index in [9.17, 15) is 0 Å². The maximum atomic E-state index is 5.47. The Morgan fingerprint density at radius 1 is 1.21 bits per heavy atom. The summed E-state index contributed by atoms with van der Waals surface area (Å²) >= 11 is 1.85. The molecule has 1 N–H and O–H groups in total. The van der Waals surface area contributed by atoms with Gasteiger partial charge in [-0.25, -0.2) is 4.98 Å². The average molecular weight is 343 g/mol. The molecule has 0 aliphatic carbocycles. The number of methoxy groups -OCH3 is 1. The lowest BCUT2D eigenvalue weighted by molar-refractivity contribution is 0.235. The van der Waals surface area contributed by atoms with Crippen LogP contribution in [0.15, 0.2) is 47.6 Å². The van der Waals surface area contributed by atoms with E-state index in [1.54, 1.807) is 7.11 Å². The molecule has 0 saturated carbocycles. The molecule has 128 valence electrons. The number of hydrogen-bond acceptors (Lipinski definition) is 4. The topological polar surface area (TPSA) is 34.1 Å². The van der Waals surface area contributed by atoms with Crippen molar-refractivity contribution in [3.63, 3.8) is 0 Å². The molecule has 0 saturated heterocycles. The molecule has 2 aromatic rings. The second kappa shape index (κ2) is 6.67. The number of nitrogens with one attached hydrogen (secondary N) is 1. The van der Waals surface area contributed by atoms with Crippen molar-refractivity contribution in [3.05, 3.63) is 48.2 Å². The summed E-state index contributed by atoms with van der Waals surface area (Å²) in [5.41, 5.74) is 2.59. The third-order valence-electron chi connectivity index (χ3n) is 4.87. The third kappa shape index (κ3) is 3.12. The lowest BCUT2D eigenvalue weighted by atomic mass is 9.71. The fraction of sp³-hybridized carbons (Fsp3) is 0.450. The molecule has 2 heterocycles. The van der Waals surface area contributed by atoms with Gasteiger partial charge in [0, 0.05) is 28.6 Å². The highest BCUT2D eigenvalue weighted by molar-refractivity contribution is 7.99. The van der Waals surface area contributed by atoms with Gasteiger partial charge in [-0.15, -0.1) is 0 Å². The van der Waals surface area contributed by atoms with Gasteiger partial charge in [0.25, 0.3) is 0 Å². The highest BCUT2D eigenvalue weighted by Gasteiger charge is 2.45. The molecule has 0 spiro atoms. The number of thioether (sulfide) groups is 1. The van der Waals surface area contributed by atoms with Crippen LogP contribution >= 0.6 is 11.8 Å². The number of ether oxygens (including phenoxy) is 1. The third-order valence-corrected chi connectivity index (χ3v) is 6.45. The van der Waals surface area contributed by atoms with E-state index in [4.69, 9.17) is 4.74 Å². The standard InChI is InChI=1S/C20H26N2OS/c1-13(2)18-20(3,4)19(24-17-8-6-7-11-21-17)15-12-14(23-5)9-10-16(15)22-18/h6-13,18-19,22H,1-5H3/t18-,19+/m1/s1. The minimum Gasteiger partial charge on any atom is -0.497 e. The number of hydrogen-bond donors (Lipinski definition) is 1. The lowest BCUT2D eigenvalue weighted by Gasteiger charge is -2.48. The fourth-order valence-corrected chi connectivity index (χ4v) is 5.00. The van der Waals surface area contributed by atoms with E-state index in [-0.39, 0.29) is 5.41 Å². The van der Waals surface area contributed by atoms with Gasteiger partial charge < -0.3 is 10.1 Å². The average Bonchev–Trinajstić information content (AvgIpc) is 2.57. The van der Waals surface area contributed by atoms with Crippen molar-refractivity contribution in [2.45, 2.75) is 44.0 Å². The maximum absolute atomic E-state index is 5.47. The van der Waals surface area contributed by atoms with Crippen LogP contribution in [0.1, 0.15) is 38.5 Å². The summed E-state index contributed by atoms with van der Waals surface area (Å²) in [5, 5.41) is 5.14. The first-order chi connectivity index (χ1) is 11.4. The van der Waals surface area contributed by atoms with Gasteiger partial charge in [-0.2, -0.15) is 0 Å². The summed E-state index contributed by atoms with van der Waals surface area (Å²) < 4.78 is 5.47. The molecule has 1 aromatic heterocycles. The van der Waals surface area contributed by atoms with E-state index in [2.05, 4.69) is 62.3 Å². The molecule has 0 radical (unpaired) electrons. The molecule has 4 heteroatoms. The first kappa shape index (κ1) is 17.2. The Morgan fingerprint density at radius 2 is 2.00 bits per heavy atom. The van der Waals surface area contributed by atoms with Crippen LogP contribution in [0.3, 0.4) is 0 Å².